The standard InChI is InChI=1S/C14H11F3N4O2S/c1-2-23-13(22)11-12(19-7-18-11)21-10(14(15,16)17)6-8(20-21)9-4-3-5-24-9/h3-7H,2H2,1H3,(H,18,19). The molecule has 6 nitrogen and oxygen atoms in total. The Hall–Kier alpha value is -2.62. The van der Waals surface area contributed by atoms with Crippen LogP contribution in [0.15, 0.2) is 29.9 Å². The van der Waals surface area contributed by atoms with Gasteiger partial charge in [-0.1, -0.05) is 6.07 Å². The maximum atomic E-state index is 13.4. The van der Waals surface area contributed by atoms with Crippen molar-refractivity contribution in [3.63, 3.8) is 0 Å². The molecule has 0 saturated heterocycles. The van der Waals surface area contributed by atoms with E-state index in [-0.39, 0.29) is 23.8 Å². The molecule has 0 fully saturated rings. The van der Waals surface area contributed by atoms with Crippen molar-refractivity contribution in [1.82, 2.24) is 19.7 Å². The topological polar surface area (TPSA) is 72.8 Å². The summed E-state index contributed by atoms with van der Waals surface area (Å²) in [5.74, 6) is -1.06. The molecule has 10 heteroatoms. The highest BCUT2D eigenvalue weighted by Crippen LogP contribution is 2.35. The molecular formula is C14H11F3N4O2S. The number of H-pyrrole nitrogens is 1. The van der Waals surface area contributed by atoms with Gasteiger partial charge in [0.15, 0.2) is 17.2 Å². The predicted octanol–water partition coefficient (Wildman–Crippen LogP) is 3.52. The molecule has 3 aromatic heterocycles. The first-order valence-corrected chi connectivity index (χ1v) is 7.71. The molecule has 0 spiro atoms. The van der Waals surface area contributed by atoms with Crippen molar-refractivity contribution in [3.05, 3.63) is 41.3 Å². The zero-order valence-electron chi connectivity index (χ0n) is 12.3. The minimum atomic E-state index is -4.66. The van der Waals surface area contributed by atoms with Gasteiger partial charge in [0, 0.05) is 0 Å². The third-order valence-electron chi connectivity index (χ3n) is 3.07. The highest BCUT2D eigenvalue weighted by Gasteiger charge is 2.38. The first-order valence-electron chi connectivity index (χ1n) is 6.83. The Bertz CT molecular complexity index is 852. The number of aromatic nitrogens is 4. The molecule has 0 saturated carbocycles. The number of hydrogen-bond acceptors (Lipinski definition) is 5. The molecule has 3 aromatic rings. The lowest BCUT2D eigenvalue weighted by Gasteiger charge is -2.09. The van der Waals surface area contributed by atoms with E-state index in [1.54, 1.807) is 24.4 Å². The molecule has 0 unspecified atom stereocenters. The summed E-state index contributed by atoms with van der Waals surface area (Å²) in [7, 11) is 0. The van der Waals surface area contributed by atoms with Crippen LogP contribution in [0, 0.1) is 0 Å². The van der Waals surface area contributed by atoms with Crippen molar-refractivity contribution in [2.45, 2.75) is 13.1 Å². The van der Waals surface area contributed by atoms with Crippen LogP contribution in [0.4, 0.5) is 13.2 Å². The molecule has 0 atom stereocenters. The van der Waals surface area contributed by atoms with Gasteiger partial charge >= 0.3 is 12.1 Å². The van der Waals surface area contributed by atoms with Crippen LogP contribution < -0.4 is 0 Å². The number of hydrogen-bond donors (Lipinski definition) is 1. The Balaban J connectivity index is 2.14. The summed E-state index contributed by atoms with van der Waals surface area (Å²) >= 11 is 1.26. The highest BCUT2D eigenvalue weighted by atomic mass is 32.1. The molecule has 1 N–H and O–H groups in total. The Morgan fingerprint density at radius 1 is 1.46 bits per heavy atom. The second kappa shape index (κ2) is 6.11. The lowest BCUT2D eigenvalue weighted by molar-refractivity contribution is -0.142. The van der Waals surface area contributed by atoms with Gasteiger partial charge in [0.25, 0.3) is 0 Å². The maximum Gasteiger partial charge on any atom is 0.433 e. The number of nitrogens with one attached hydrogen (secondary N) is 1. The van der Waals surface area contributed by atoms with Crippen molar-refractivity contribution < 1.29 is 22.7 Å². The van der Waals surface area contributed by atoms with Crippen LogP contribution in [-0.4, -0.2) is 32.3 Å². The Kier molecular flexibility index (Phi) is 4.14. The normalized spacial score (nSPS) is 11.7. The van der Waals surface area contributed by atoms with Gasteiger partial charge in [0.05, 0.1) is 17.8 Å². The zero-order chi connectivity index (χ0) is 17.3. The van der Waals surface area contributed by atoms with Crippen LogP contribution in [0.3, 0.4) is 0 Å². The summed E-state index contributed by atoms with van der Waals surface area (Å²) in [6.07, 6.45) is -3.54. The number of rotatable bonds is 4. The average Bonchev–Trinajstić information content (AvgIpc) is 3.25. The lowest BCUT2D eigenvalue weighted by atomic mass is 10.3. The molecule has 0 aliphatic carbocycles. The second-order valence-electron chi connectivity index (χ2n) is 4.62. The monoisotopic (exact) mass is 356 g/mol. The van der Waals surface area contributed by atoms with Crippen LogP contribution >= 0.6 is 11.3 Å². The molecule has 3 heterocycles. The smallest absolute Gasteiger partial charge is 0.433 e. The number of carbonyl (C=O) groups is 1. The molecule has 24 heavy (non-hydrogen) atoms. The Morgan fingerprint density at radius 2 is 2.25 bits per heavy atom. The molecule has 0 aliphatic rings. The minimum Gasteiger partial charge on any atom is -0.461 e. The van der Waals surface area contributed by atoms with Gasteiger partial charge in [-0.25, -0.2) is 14.5 Å². The molecular weight excluding hydrogens is 345 g/mol. The number of alkyl halides is 3. The first-order chi connectivity index (χ1) is 11.4. The van der Waals surface area contributed by atoms with Gasteiger partial charge in [0.1, 0.15) is 5.69 Å². The molecule has 0 amide bonds. The summed E-state index contributed by atoms with van der Waals surface area (Å²) in [6.45, 7) is 1.68. The number of carbonyl (C=O) groups excluding carboxylic acids is 1. The van der Waals surface area contributed by atoms with Crippen LogP contribution in [0.1, 0.15) is 23.1 Å². The fraction of sp³-hybridized carbons (Fsp3) is 0.214. The number of aromatic amines is 1. The van der Waals surface area contributed by atoms with Crippen LogP contribution in [0.5, 0.6) is 0 Å². The van der Waals surface area contributed by atoms with E-state index < -0.39 is 17.8 Å². The Morgan fingerprint density at radius 3 is 2.88 bits per heavy atom. The first kappa shape index (κ1) is 16.2. The van der Waals surface area contributed by atoms with E-state index in [9.17, 15) is 18.0 Å². The van der Waals surface area contributed by atoms with E-state index in [4.69, 9.17) is 4.74 Å². The van der Waals surface area contributed by atoms with Crippen molar-refractivity contribution in [2.75, 3.05) is 6.61 Å². The summed E-state index contributed by atoms with van der Waals surface area (Å²) in [5, 5.41) is 5.72. The Labute approximate surface area is 137 Å². The third-order valence-corrected chi connectivity index (χ3v) is 3.97. The van der Waals surface area contributed by atoms with Crippen LogP contribution in [0.25, 0.3) is 16.4 Å². The summed E-state index contributed by atoms with van der Waals surface area (Å²) in [6, 6.07) is 4.30. The van der Waals surface area contributed by atoms with Gasteiger partial charge in [-0.2, -0.15) is 18.3 Å². The van der Waals surface area contributed by atoms with Gasteiger partial charge in [-0.3, -0.25) is 0 Å². The zero-order valence-corrected chi connectivity index (χ0v) is 13.1. The minimum absolute atomic E-state index is 0.0863. The quantitative estimate of drug-likeness (QED) is 0.726. The number of esters is 1. The molecule has 3 rings (SSSR count). The van der Waals surface area contributed by atoms with Crippen LogP contribution in [-0.2, 0) is 10.9 Å². The highest BCUT2D eigenvalue weighted by molar-refractivity contribution is 7.13. The van der Waals surface area contributed by atoms with E-state index in [0.29, 0.717) is 9.56 Å². The van der Waals surface area contributed by atoms with Crippen molar-refractivity contribution in [1.29, 1.82) is 0 Å². The van der Waals surface area contributed by atoms with Gasteiger partial charge in [0.2, 0.25) is 0 Å². The van der Waals surface area contributed by atoms with Crippen LogP contribution in [0.2, 0.25) is 0 Å². The van der Waals surface area contributed by atoms with Gasteiger partial charge in [-0.05, 0) is 24.4 Å². The van der Waals surface area contributed by atoms with E-state index in [0.717, 1.165) is 12.4 Å². The fourth-order valence-electron chi connectivity index (χ4n) is 2.09. The average molecular weight is 356 g/mol. The lowest BCUT2D eigenvalue weighted by Crippen LogP contribution is -2.16. The SMILES string of the molecule is CCOC(=O)c1[nH]cnc1-n1nc(-c2cccs2)cc1C(F)(F)F. The van der Waals surface area contributed by atoms with Gasteiger partial charge in [-0.15, -0.1) is 11.3 Å². The number of thiophene rings is 1. The summed E-state index contributed by atoms with van der Waals surface area (Å²) in [4.78, 5) is 18.8. The second-order valence-corrected chi connectivity index (χ2v) is 5.57. The van der Waals surface area contributed by atoms with Crippen molar-refractivity contribution >= 4 is 17.3 Å². The fourth-order valence-corrected chi connectivity index (χ4v) is 2.77. The molecule has 0 bridgehead atoms. The number of ether oxygens (including phenoxy) is 1. The maximum absolute atomic E-state index is 13.4. The van der Waals surface area contributed by atoms with E-state index >= 15 is 0 Å². The van der Waals surface area contributed by atoms with Crippen molar-refractivity contribution in [2.24, 2.45) is 0 Å². The summed E-state index contributed by atoms with van der Waals surface area (Å²) < 4.78 is 45.5. The van der Waals surface area contributed by atoms with Gasteiger partial charge < -0.3 is 9.72 Å². The largest absolute Gasteiger partial charge is 0.461 e. The molecule has 0 radical (unpaired) electrons. The van der Waals surface area contributed by atoms with E-state index in [1.165, 1.54) is 11.3 Å². The number of halogens is 3. The predicted molar refractivity (Wildman–Crippen MR) is 80.0 cm³/mol. The van der Waals surface area contributed by atoms with Crippen molar-refractivity contribution in [3.8, 4) is 16.4 Å². The van der Waals surface area contributed by atoms with E-state index in [2.05, 4.69) is 15.1 Å². The van der Waals surface area contributed by atoms with E-state index in [1.807, 2.05) is 0 Å². The summed E-state index contributed by atoms with van der Waals surface area (Å²) in [5.41, 5.74) is -1.07. The molecule has 0 aromatic carbocycles. The third kappa shape index (κ3) is 2.92. The molecule has 126 valence electrons. The number of nitrogens with zero attached hydrogens (tertiary/aromatic N) is 3. The molecule has 0 aliphatic heterocycles. The number of imidazole rings is 1.